The van der Waals surface area contributed by atoms with Gasteiger partial charge in [0.05, 0.1) is 13.7 Å². The van der Waals surface area contributed by atoms with Crippen molar-refractivity contribution in [3.05, 3.63) is 21.8 Å². The van der Waals surface area contributed by atoms with E-state index in [1.54, 1.807) is 0 Å². The Hall–Kier alpha value is -1.47. The molecule has 68 valence electrons. The van der Waals surface area contributed by atoms with E-state index >= 15 is 0 Å². The number of rotatable bonds is 2. The molecule has 0 aliphatic rings. The van der Waals surface area contributed by atoms with Gasteiger partial charge >= 0.3 is 0 Å². The van der Waals surface area contributed by atoms with Crippen LogP contribution in [0.2, 0.25) is 5.15 Å². The van der Waals surface area contributed by atoms with Gasteiger partial charge in [0.1, 0.15) is 6.33 Å². The highest BCUT2D eigenvalue weighted by Crippen LogP contribution is 2.14. The summed E-state index contributed by atoms with van der Waals surface area (Å²) in [6, 6.07) is 0. The third-order valence-electron chi connectivity index (χ3n) is 1.42. The fraction of sp³-hybridized carbons (Fsp3) is 0.250. The van der Waals surface area contributed by atoms with Crippen molar-refractivity contribution >= 4 is 11.6 Å². The lowest BCUT2D eigenvalue weighted by Crippen LogP contribution is -2.21. The Morgan fingerprint density at radius 1 is 1.85 bits per heavy atom. The van der Waals surface area contributed by atoms with E-state index in [0.717, 1.165) is 0 Å². The average Bonchev–Trinajstić information content (AvgIpc) is 2.11. The number of aromatic nitrogens is 2. The molecule has 0 unspecified atom stereocenters. The highest BCUT2D eigenvalue weighted by molar-refractivity contribution is 6.30. The van der Waals surface area contributed by atoms with Gasteiger partial charge in [-0.05, 0) is 0 Å². The zero-order valence-electron chi connectivity index (χ0n) is 6.95. The van der Waals surface area contributed by atoms with E-state index in [1.165, 1.54) is 18.0 Å². The van der Waals surface area contributed by atoms with Crippen LogP contribution in [0.15, 0.2) is 11.1 Å². The SMILES string of the molecule is C#CCn1cnc(Cl)c(OC)c1=O. The molecule has 0 amide bonds. The van der Waals surface area contributed by atoms with Gasteiger partial charge < -0.3 is 4.74 Å². The summed E-state index contributed by atoms with van der Waals surface area (Å²) in [7, 11) is 1.35. The Labute approximate surface area is 80.1 Å². The van der Waals surface area contributed by atoms with Crippen LogP contribution in [0.3, 0.4) is 0 Å². The number of nitrogens with zero attached hydrogens (tertiary/aromatic N) is 2. The zero-order chi connectivity index (χ0) is 9.84. The molecule has 1 aromatic rings. The van der Waals surface area contributed by atoms with Crippen molar-refractivity contribution in [3.8, 4) is 18.1 Å². The highest BCUT2D eigenvalue weighted by atomic mass is 35.5. The zero-order valence-corrected chi connectivity index (χ0v) is 7.71. The summed E-state index contributed by atoms with van der Waals surface area (Å²) in [5, 5.41) is 0.0424. The predicted molar refractivity (Wildman–Crippen MR) is 48.9 cm³/mol. The molecule has 0 radical (unpaired) electrons. The fourth-order valence-corrected chi connectivity index (χ4v) is 1.03. The van der Waals surface area contributed by atoms with Gasteiger partial charge in [0.15, 0.2) is 5.15 Å². The maximum Gasteiger partial charge on any atom is 0.298 e. The maximum absolute atomic E-state index is 11.4. The highest BCUT2D eigenvalue weighted by Gasteiger charge is 2.08. The smallest absolute Gasteiger partial charge is 0.298 e. The van der Waals surface area contributed by atoms with E-state index in [1.807, 2.05) is 0 Å². The van der Waals surface area contributed by atoms with Crippen LogP contribution in [0, 0.1) is 12.3 Å². The van der Waals surface area contributed by atoms with Crippen LogP contribution >= 0.6 is 11.6 Å². The molecule has 0 aromatic carbocycles. The maximum atomic E-state index is 11.4. The summed E-state index contributed by atoms with van der Waals surface area (Å²) in [5.41, 5.74) is -0.375. The van der Waals surface area contributed by atoms with Crippen molar-refractivity contribution in [1.29, 1.82) is 0 Å². The van der Waals surface area contributed by atoms with Gasteiger partial charge in [-0.1, -0.05) is 17.5 Å². The molecule has 0 bridgehead atoms. The Morgan fingerprint density at radius 3 is 3.08 bits per heavy atom. The Balaban J connectivity index is 3.30. The van der Waals surface area contributed by atoms with Crippen molar-refractivity contribution < 1.29 is 4.74 Å². The second kappa shape index (κ2) is 3.97. The molecule has 0 fully saturated rings. The number of hydrogen-bond acceptors (Lipinski definition) is 3. The first-order valence-electron chi connectivity index (χ1n) is 3.43. The van der Waals surface area contributed by atoms with Gasteiger partial charge in [-0.25, -0.2) is 4.98 Å². The van der Waals surface area contributed by atoms with E-state index in [2.05, 4.69) is 10.9 Å². The van der Waals surface area contributed by atoms with Crippen LogP contribution in [0.25, 0.3) is 0 Å². The number of terminal acetylenes is 1. The molecule has 4 nitrogen and oxygen atoms in total. The van der Waals surface area contributed by atoms with Crippen LogP contribution < -0.4 is 10.3 Å². The largest absolute Gasteiger partial charge is 0.489 e. The lowest BCUT2D eigenvalue weighted by Gasteiger charge is -2.04. The Morgan fingerprint density at radius 2 is 2.54 bits per heavy atom. The van der Waals surface area contributed by atoms with Gasteiger partial charge in [-0.15, -0.1) is 6.42 Å². The molecule has 0 saturated carbocycles. The molecular weight excluding hydrogens is 192 g/mol. The average molecular weight is 199 g/mol. The molecule has 1 aromatic heterocycles. The van der Waals surface area contributed by atoms with Crippen molar-refractivity contribution in [2.75, 3.05) is 7.11 Å². The van der Waals surface area contributed by atoms with E-state index in [0.29, 0.717) is 0 Å². The lowest BCUT2D eigenvalue weighted by molar-refractivity contribution is 0.401. The van der Waals surface area contributed by atoms with Crippen LogP contribution in [0.5, 0.6) is 5.75 Å². The summed E-state index contributed by atoms with van der Waals surface area (Å²) in [4.78, 5) is 15.2. The fourth-order valence-electron chi connectivity index (χ4n) is 0.833. The first kappa shape index (κ1) is 9.62. The van der Waals surface area contributed by atoms with E-state index in [-0.39, 0.29) is 23.0 Å². The predicted octanol–water partition coefficient (Wildman–Crippen LogP) is 0.538. The lowest BCUT2D eigenvalue weighted by atomic mass is 10.5. The minimum atomic E-state index is -0.375. The molecule has 0 atom stereocenters. The Bertz CT molecular complexity index is 406. The van der Waals surface area contributed by atoms with Crippen molar-refractivity contribution in [3.63, 3.8) is 0 Å². The van der Waals surface area contributed by atoms with Gasteiger partial charge in [-0.3, -0.25) is 9.36 Å². The molecule has 0 saturated heterocycles. The van der Waals surface area contributed by atoms with Crippen molar-refractivity contribution in [1.82, 2.24) is 9.55 Å². The monoisotopic (exact) mass is 198 g/mol. The van der Waals surface area contributed by atoms with E-state index in [9.17, 15) is 4.79 Å². The molecule has 0 aliphatic carbocycles. The first-order chi connectivity index (χ1) is 6.20. The number of halogens is 1. The van der Waals surface area contributed by atoms with Crippen LogP contribution in [0.4, 0.5) is 0 Å². The second-order valence-corrected chi connectivity index (χ2v) is 2.56. The van der Waals surface area contributed by atoms with Gasteiger partial charge in [0.2, 0.25) is 5.75 Å². The molecule has 1 rings (SSSR count). The van der Waals surface area contributed by atoms with Gasteiger partial charge in [0.25, 0.3) is 5.56 Å². The van der Waals surface area contributed by atoms with Crippen LogP contribution in [0.1, 0.15) is 0 Å². The van der Waals surface area contributed by atoms with E-state index < -0.39 is 0 Å². The summed E-state index contributed by atoms with van der Waals surface area (Å²) >= 11 is 5.60. The van der Waals surface area contributed by atoms with Crippen molar-refractivity contribution in [2.45, 2.75) is 6.54 Å². The summed E-state index contributed by atoms with van der Waals surface area (Å²) in [6.07, 6.45) is 6.33. The molecule has 13 heavy (non-hydrogen) atoms. The molecule has 0 N–H and O–H groups in total. The molecular formula is C8H7ClN2O2. The summed E-state index contributed by atoms with van der Waals surface area (Å²) in [6.45, 7) is 0.152. The van der Waals surface area contributed by atoms with Gasteiger partial charge in [0, 0.05) is 0 Å². The molecule has 0 spiro atoms. The normalized spacial score (nSPS) is 9.31. The summed E-state index contributed by atoms with van der Waals surface area (Å²) < 4.78 is 6.01. The van der Waals surface area contributed by atoms with Crippen LogP contribution in [-0.2, 0) is 6.54 Å². The Kier molecular flexibility index (Phi) is 2.93. The first-order valence-corrected chi connectivity index (χ1v) is 3.81. The molecule has 0 aliphatic heterocycles. The van der Waals surface area contributed by atoms with Gasteiger partial charge in [-0.2, -0.15) is 0 Å². The molecule has 5 heteroatoms. The third kappa shape index (κ3) is 1.82. The number of methoxy groups -OCH3 is 1. The second-order valence-electron chi connectivity index (χ2n) is 2.21. The standard InChI is InChI=1S/C8H7ClN2O2/c1-3-4-11-5-10-7(9)6(13-2)8(11)12/h1,5H,4H2,2H3. The van der Waals surface area contributed by atoms with Crippen LogP contribution in [-0.4, -0.2) is 16.7 Å². The van der Waals surface area contributed by atoms with Crippen molar-refractivity contribution in [2.24, 2.45) is 0 Å². The minimum Gasteiger partial charge on any atom is -0.489 e. The number of ether oxygens (including phenoxy) is 1. The minimum absolute atomic E-state index is 0.0133. The summed E-state index contributed by atoms with van der Waals surface area (Å²) in [5.74, 6) is 2.33. The third-order valence-corrected chi connectivity index (χ3v) is 1.69. The topological polar surface area (TPSA) is 44.1 Å². The number of hydrogen-bond donors (Lipinski definition) is 0. The van der Waals surface area contributed by atoms with E-state index in [4.69, 9.17) is 22.8 Å². The quantitative estimate of drug-likeness (QED) is 0.515. The molecule has 1 heterocycles.